The number of hydrazine groups is 1. The van der Waals surface area contributed by atoms with Crippen LogP contribution in [0.1, 0.15) is 45.1 Å². The third-order valence-electron chi connectivity index (χ3n) is 5.99. The minimum absolute atomic E-state index is 0.138. The van der Waals surface area contributed by atoms with Crippen LogP contribution in [0.2, 0.25) is 0 Å². The summed E-state index contributed by atoms with van der Waals surface area (Å²) in [4.78, 5) is 12.2. The van der Waals surface area contributed by atoms with Gasteiger partial charge in [0.15, 0.2) is 0 Å². The number of rotatable bonds is 10. The lowest BCUT2D eigenvalue weighted by Gasteiger charge is -2.24. The van der Waals surface area contributed by atoms with Gasteiger partial charge in [0, 0.05) is 24.2 Å². The number of aromatic nitrogens is 4. The number of allylic oxidation sites excluding steroid dienone is 1. The number of nitrogens with one attached hydrogen (secondary N) is 2. The number of hydrogen-bond acceptors (Lipinski definition) is 6. The normalized spacial score (nSPS) is 15.9. The van der Waals surface area contributed by atoms with Crippen LogP contribution in [0.3, 0.4) is 0 Å². The zero-order valence-electron chi connectivity index (χ0n) is 19.1. The fourth-order valence-electron chi connectivity index (χ4n) is 4.35. The van der Waals surface area contributed by atoms with Crippen LogP contribution in [-0.2, 0) is 11.2 Å². The van der Waals surface area contributed by atoms with Gasteiger partial charge >= 0.3 is 5.97 Å². The third-order valence-corrected chi connectivity index (χ3v) is 5.99. The van der Waals surface area contributed by atoms with Gasteiger partial charge in [0.2, 0.25) is 5.82 Å². The summed E-state index contributed by atoms with van der Waals surface area (Å²) >= 11 is 0. The van der Waals surface area contributed by atoms with Gasteiger partial charge in [-0.1, -0.05) is 75.2 Å². The molecule has 0 radical (unpaired) electrons. The van der Waals surface area contributed by atoms with E-state index in [4.69, 9.17) is 0 Å². The number of aromatic amines is 1. The molecule has 2 heterocycles. The SMILES string of the molecule is CCCCN1NC(CCC)C(C(=O)O)=C1Cc1ccc(-c2ccccc2-c2nn[nH]n2)cc1. The molecule has 4 rings (SSSR count). The highest BCUT2D eigenvalue weighted by Crippen LogP contribution is 2.31. The van der Waals surface area contributed by atoms with Crippen LogP contribution < -0.4 is 5.43 Å². The number of tetrazole rings is 1. The Labute approximate surface area is 193 Å². The van der Waals surface area contributed by atoms with Crippen molar-refractivity contribution in [1.29, 1.82) is 0 Å². The van der Waals surface area contributed by atoms with Crippen LogP contribution >= 0.6 is 0 Å². The lowest BCUT2D eigenvalue weighted by atomic mass is 9.96. The van der Waals surface area contributed by atoms with Crippen molar-refractivity contribution < 1.29 is 9.90 Å². The van der Waals surface area contributed by atoms with Crippen LogP contribution in [0.15, 0.2) is 59.8 Å². The van der Waals surface area contributed by atoms with Crippen LogP contribution in [0.25, 0.3) is 22.5 Å². The van der Waals surface area contributed by atoms with E-state index in [0.29, 0.717) is 17.8 Å². The molecule has 1 atom stereocenters. The van der Waals surface area contributed by atoms with Crippen LogP contribution in [0, 0.1) is 0 Å². The predicted molar refractivity (Wildman–Crippen MR) is 127 cm³/mol. The Morgan fingerprint density at radius 3 is 2.45 bits per heavy atom. The van der Waals surface area contributed by atoms with Crippen molar-refractivity contribution in [3.63, 3.8) is 0 Å². The Morgan fingerprint density at radius 2 is 1.82 bits per heavy atom. The fraction of sp³-hybridized carbons (Fsp3) is 0.360. The summed E-state index contributed by atoms with van der Waals surface area (Å²) in [5, 5.41) is 26.4. The molecule has 0 bridgehead atoms. The quantitative estimate of drug-likeness (QED) is 0.428. The summed E-state index contributed by atoms with van der Waals surface area (Å²) in [5.41, 5.74) is 8.86. The maximum atomic E-state index is 12.2. The summed E-state index contributed by atoms with van der Waals surface area (Å²) in [5.74, 6) is -0.280. The molecular weight excluding hydrogens is 416 g/mol. The molecule has 0 aliphatic carbocycles. The lowest BCUT2D eigenvalue weighted by molar-refractivity contribution is -0.133. The molecule has 2 aromatic carbocycles. The van der Waals surface area contributed by atoms with E-state index < -0.39 is 5.97 Å². The van der Waals surface area contributed by atoms with Crippen LogP contribution in [0.5, 0.6) is 0 Å². The Kier molecular flexibility index (Phi) is 7.14. The topological polar surface area (TPSA) is 107 Å². The average Bonchev–Trinajstić information content (AvgIpc) is 3.47. The first-order valence-corrected chi connectivity index (χ1v) is 11.5. The van der Waals surface area contributed by atoms with Gasteiger partial charge in [0.05, 0.1) is 11.6 Å². The summed E-state index contributed by atoms with van der Waals surface area (Å²) in [7, 11) is 0. The van der Waals surface area contributed by atoms with Gasteiger partial charge in [-0.15, -0.1) is 10.2 Å². The summed E-state index contributed by atoms with van der Waals surface area (Å²) in [6.07, 6.45) is 4.37. The highest BCUT2D eigenvalue weighted by atomic mass is 16.4. The molecule has 3 aromatic rings. The molecule has 8 heteroatoms. The molecule has 0 saturated heterocycles. The van der Waals surface area contributed by atoms with E-state index >= 15 is 0 Å². The number of carboxylic acids is 1. The van der Waals surface area contributed by atoms with Crippen LogP contribution in [-0.4, -0.2) is 49.3 Å². The fourth-order valence-corrected chi connectivity index (χ4v) is 4.35. The first kappa shape index (κ1) is 22.7. The van der Waals surface area contributed by atoms with Gasteiger partial charge in [0.25, 0.3) is 0 Å². The number of unbranched alkanes of at least 4 members (excludes halogenated alkanes) is 1. The minimum atomic E-state index is -0.833. The predicted octanol–water partition coefficient (Wildman–Crippen LogP) is 4.20. The molecule has 0 saturated carbocycles. The van der Waals surface area contributed by atoms with E-state index in [9.17, 15) is 9.90 Å². The number of aliphatic carboxylic acids is 1. The smallest absolute Gasteiger partial charge is 0.335 e. The number of hydrogen-bond donors (Lipinski definition) is 3. The summed E-state index contributed by atoms with van der Waals surface area (Å²) in [6, 6.07) is 16.1. The molecule has 172 valence electrons. The maximum absolute atomic E-state index is 12.2. The van der Waals surface area contributed by atoms with E-state index in [0.717, 1.165) is 60.2 Å². The zero-order valence-corrected chi connectivity index (χ0v) is 19.1. The average molecular weight is 447 g/mol. The molecule has 1 aromatic heterocycles. The lowest BCUT2D eigenvalue weighted by Crippen LogP contribution is -2.38. The molecule has 33 heavy (non-hydrogen) atoms. The number of H-pyrrole nitrogens is 1. The van der Waals surface area contributed by atoms with Crippen molar-refractivity contribution in [1.82, 2.24) is 31.1 Å². The Hall–Kier alpha value is -3.52. The Bertz CT molecular complexity index is 1110. The zero-order chi connectivity index (χ0) is 23.2. The van der Waals surface area contributed by atoms with Crippen molar-refractivity contribution in [3.05, 3.63) is 65.4 Å². The molecular formula is C25H30N6O2. The maximum Gasteiger partial charge on any atom is 0.335 e. The Balaban J connectivity index is 1.62. The summed E-state index contributed by atoms with van der Waals surface area (Å²) < 4.78 is 0. The number of benzene rings is 2. The minimum Gasteiger partial charge on any atom is -0.478 e. The van der Waals surface area contributed by atoms with E-state index in [-0.39, 0.29) is 6.04 Å². The molecule has 1 aliphatic rings. The molecule has 1 aliphatic heterocycles. The molecule has 0 spiro atoms. The van der Waals surface area contributed by atoms with Crippen molar-refractivity contribution in [2.24, 2.45) is 0 Å². The second-order valence-electron chi connectivity index (χ2n) is 8.30. The van der Waals surface area contributed by atoms with Crippen molar-refractivity contribution in [3.8, 4) is 22.5 Å². The van der Waals surface area contributed by atoms with Gasteiger partial charge in [-0.25, -0.2) is 10.2 Å². The molecule has 3 N–H and O–H groups in total. The van der Waals surface area contributed by atoms with Crippen LogP contribution in [0.4, 0.5) is 0 Å². The van der Waals surface area contributed by atoms with Gasteiger partial charge < -0.3 is 10.1 Å². The second kappa shape index (κ2) is 10.4. The number of carboxylic acid groups (broad SMARTS) is 1. The first-order chi connectivity index (χ1) is 16.1. The van der Waals surface area contributed by atoms with Gasteiger partial charge in [0.1, 0.15) is 0 Å². The van der Waals surface area contributed by atoms with Crippen molar-refractivity contribution in [2.75, 3.05) is 6.54 Å². The van der Waals surface area contributed by atoms with E-state index in [1.54, 1.807) is 0 Å². The van der Waals surface area contributed by atoms with E-state index in [1.165, 1.54) is 0 Å². The van der Waals surface area contributed by atoms with Gasteiger partial charge in [-0.05, 0) is 34.7 Å². The highest BCUT2D eigenvalue weighted by molar-refractivity contribution is 5.89. The second-order valence-corrected chi connectivity index (χ2v) is 8.30. The molecule has 0 fully saturated rings. The molecule has 1 unspecified atom stereocenters. The number of nitrogens with zero attached hydrogens (tertiary/aromatic N) is 4. The molecule has 8 nitrogen and oxygen atoms in total. The summed E-state index contributed by atoms with van der Waals surface area (Å²) in [6.45, 7) is 5.03. The molecule has 0 amide bonds. The third kappa shape index (κ3) is 4.96. The monoisotopic (exact) mass is 446 g/mol. The number of carbonyl (C=O) groups is 1. The van der Waals surface area contributed by atoms with Gasteiger partial charge in [-0.3, -0.25) is 0 Å². The van der Waals surface area contributed by atoms with Crippen molar-refractivity contribution >= 4 is 5.97 Å². The van der Waals surface area contributed by atoms with Crippen molar-refractivity contribution in [2.45, 2.75) is 52.0 Å². The standard InChI is InChI=1S/C25H30N6O2/c1-3-5-15-31-22(23(25(32)33)21(28-31)8-4-2)16-17-11-13-18(14-12-17)19-9-6-7-10-20(19)24-26-29-30-27-24/h6-7,9-14,21,28H,3-5,8,15-16H2,1-2H3,(H,32,33)(H,26,27,29,30). The largest absolute Gasteiger partial charge is 0.478 e. The highest BCUT2D eigenvalue weighted by Gasteiger charge is 2.34. The van der Waals surface area contributed by atoms with E-state index in [1.807, 2.05) is 24.3 Å². The van der Waals surface area contributed by atoms with E-state index in [2.05, 4.69) is 69.2 Å². The first-order valence-electron chi connectivity index (χ1n) is 11.5. The van der Waals surface area contributed by atoms with Gasteiger partial charge in [-0.2, -0.15) is 5.21 Å². The Morgan fingerprint density at radius 1 is 1.06 bits per heavy atom.